The number of likely N-dealkylation sites (tertiary alicyclic amines) is 1. The molecule has 3 aromatic rings. The highest BCUT2D eigenvalue weighted by Crippen LogP contribution is 2.50. The van der Waals surface area contributed by atoms with Crippen molar-refractivity contribution >= 4 is 11.6 Å². The van der Waals surface area contributed by atoms with Gasteiger partial charge in [-0.15, -0.1) is 0 Å². The number of carbonyl (C=O) groups excluding carboxylic acids is 1. The van der Waals surface area contributed by atoms with E-state index in [-0.39, 0.29) is 17.4 Å². The number of amides is 1. The average Bonchev–Trinajstić information content (AvgIpc) is 3.50. The Bertz CT molecular complexity index is 1080. The predicted molar refractivity (Wildman–Crippen MR) is 117 cm³/mol. The first kappa shape index (κ1) is 19.9. The third kappa shape index (κ3) is 3.53. The fourth-order valence-corrected chi connectivity index (χ4v) is 5.13. The Balaban J connectivity index is 1.35. The molecule has 1 saturated carbocycles. The number of hydrogen-bond donors (Lipinski definition) is 1. The molecule has 2 aliphatic rings. The number of aromatic nitrogens is 3. The zero-order chi connectivity index (χ0) is 21.4. The number of anilines is 1. The van der Waals surface area contributed by atoms with Gasteiger partial charge in [-0.1, -0.05) is 29.8 Å². The number of carbonyl (C=O) groups is 1. The number of fused-ring (bicyclic) bond motifs is 1. The second kappa shape index (κ2) is 7.89. The normalized spacial score (nSPS) is 24.1. The molecule has 1 aliphatic heterocycles. The molecule has 2 fully saturated rings. The zero-order valence-corrected chi connectivity index (χ0v) is 17.9. The summed E-state index contributed by atoms with van der Waals surface area (Å²) in [6.45, 7) is 5.61. The summed E-state index contributed by atoms with van der Waals surface area (Å²) in [7, 11) is 0. The fourth-order valence-electron chi connectivity index (χ4n) is 5.13. The molecular formula is C24H27N5O2. The van der Waals surface area contributed by atoms with Gasteiger partial charge in [-0.2, -0.15) is 4.98 Å². The van der Waals surface area contributed by atoms with Gasteiger partial charge in [0.1, 0.15) is 0 Å². The van der Waals surface area contributed by atoms with Crippen molar-refractivity contribution in [2.45, 2.75) is 44.6 Å². The molecule has 31 heavy (non-hydrogen) atoms. The first-order valence-electron chi connectivity index (χ1n) is 10.9. The molecule has 1 saturated heterocycles. The van der Waals surface area contributed by atoms with E-state index in [1.54, 1.807) is 12.4 Å². The van der Waals surface area contributed by atoms with Crippen molar-refractivity contribution in [3.05, 3.63) is 60.2 Å². The highest BCUT2D eigenvalue weighted by molar-refractivity contribution is 5.95. The van der Waals surface area contributed by atoms with Gasteiger partial charge in [-0.05, 0) is 56.4 Å². The molecule has 0 radical (unpaired) electrons. The number of hydrogen-bond acceptors (Lipinski definition) is 6. The largest absolute Gasteiger partial charge is 0.338 e. The lowest BCUT2D eigenvalue weighted by molar-refractivity contribution is -0.120. The van der Waals surface area contributed by atoms with Crippen molar-refractivity contribution in [1.82, 2.24) is 20.0 Å². The maximum atomic E-state index is 13.0. The third-order valence-corrected chi connectivity index (χ3v) is 7.00. The first-order valence-corrected chi connectivity index (χ1v) is 10.9. The summed E-state index contributed by atoms with van der Waals surface area (Å²) in [4.78, 5) is 24.2. The molecule has 3 heterocycles. The number of benzene rings is 1. The number of para-hydroxylation sites is 1. The Morgan fingerprint density at radius 2 is 2.16 bits per heavy atom. The number of nitrogens with one attached hydrogen (secondary N) is 1. The quantitative estimate of drug-likeness (QED) is 0.679. The lowest BCUT2D eigenvalue weighted by atomic mass is 9.80. The molecule has 7 heteroatoms. The standard InChI is InChI=1S/C24H27N5O2/c1-16-7-3-4-10-20(16)26-22(30)17(2)29-14-19-9-5-11-24(19,15-29)23-27-21(28-31-23)18-8-6-12-25-13-18/h3-4,6-8,10,12-13,17,19H,5,9,11,14-15H2,1-2H3,(H,26,30)/t17-,19+,24+/m0/s1. The van der Waals surface area contributed by atoms with Gasteiger partial charge in [0, 0.05) is 36.7 Å². The molecule has 3 atom stereocenters. The monoisotopic (exact) mass is 417 g/mol. The highest BCUT2D eigenvalue weighted by Gasteiger charge is 2.55. The minimum Gasteiger partial charge on any atom is -0.338 e. The van der Waals surface area contributed by atoms with Gasteiger partial charge in [-0.25, -0.2) is 0 Å². The van der Waals surface area contributed by atoms with Crippen LogP contribution in [0, 0.1) is 12.8 Å². The topological polar surface area (TPSA) is 84.2 Å². The number of nitrogens with zero attached hydrogens (tertiary/aromatic N) is 4. The van der Waals surface area contributed by atoms with Crippen molar-refractivity contribution in [2.75, 3.05) is 18.4 Å². The van der Waals surface area contributed by atoms with E-state index in [0.717, 1.165) is 49.2 Å². The fraction of sp³-hybridized carbons (Fsp3) is 0.417. The molecule has 5 rings (SSSR count). The Morgan fingerprint density at radius 3 is 2.97 bits per heavy atom. The van der Waals surface area contributed by atoms with Gasteiger partial charge in [0.25, 0.3) is 0 Å². The van der Waals surface area contributed by atoms with Crippen LogP contribution in [0.2, 0.25) is 0 Å². The molecule has 0 bridgehead atoms. The Morgan fingerprint density at radius 1 is 1.29 bits per heavy atom. The van der Waals surface area contributed by atoms with Crippen LogP contribution in [0.25, 0.3) is 11.4 Å². The van der Waals surface area contributed by atoms with Crippen LogP contribution in [-0.2, 0) is 10.2 Å². The molecule has 7 nitrogen and oxygen atoms in total. The van der Waals surface area contributed by atoms with Gasteiger partial charge in [-0.3, -0.25) is 14.7 Å². The maximum Gasteiger partial charge on any atom is 0.241 e. The number of pyridine rings is 1. The van der Waals surface area contributed by atoms with Gasteiger partial charge >= 0.3 is 0 Å². The van der Waals surface area contributed by atoms with E-state index in [0.29, 0.717) is 17.6 Å². The van der Waals surface area contributed by atoms with E-state index in [9.17, 15) is 4.79 Å². The van der Waals surface area contributed by atoms with Crippen molar-refractivity contribution in [2.24, 2.45) is 5.92 Å². The van der Waals surface area contributed by atoms with Crippen LogP contribution >= 0.6 is 0 Å². The van der Waals surface area contributed by atoms with Crippen LogP contribution in [0.3, 0.4) is 0 Å². The summed E-state index contributed by atoms with van der Waals surface area (Å²) in [5, 5.41) is 7.32. The molecule has 160 valence electrons. The smallest absolute Gasteiger partial charge is 0.241 e. The van der Waals surface area contributed by atoms with Crippen LogP contribution in [0.15, 0.2) is 53.3 Å². The molecule has 1 aliphatic carbocycles. The lowest BCUT2D eigenvalue weighted by Gasteiger charge is -2.27. The first-order chi connectivity index (χ1) is 15.1. The SMILES string of the molecule is Cc1ccccc1NC(=O)[C@H](C)N1C[C@H]2CCC[C@@]2(c2nc(-c3cccnc3)no2)C1. The minimum atomic E-state index is -0.234. The Labute approximate surface area is 181 Å². The van der Waals surface area contributed by atoms with Crippen LogP contribution in [0.4, 0.5) is 5.69 Å². The van der Waals surface area contributed by atoms with Crippen molar-refractivity contribution < 1.29 is 9.32 Å². The van der Waals surface area contributed by atoms with Gasteiger partial charge in [0.05, 0.1) is 11.5 Å². The second-order valence-corrected chi connectivity index (χ2v) is 8.82. The van der Waals surface area contributed by atoms with Crippen molar-refractivity contribution in [3.63, 3.8) is 0 Å². The summed E-state index contributed by atoms with van der Waals surface area (Å²) in [5.74, 6) is 1.71. The zero-order valence-electron chi connectivity index (χ0n) is 17.9. The molecular weight excluding hydrogens is 390 g/mol. The number of rotatable bonds is 5. The van der Waals surface area contributed by atoms with E-state index < -0.39 is 0 Å². The van der Waals surface area contributed by atoms with Crippen LogP contribution < -0.4 is 5.32 Å². The molecule has 1 N–H and O–H groups in total. The Hall–Kier alpha value is -3.06. The third-order valence-electron chi connectivity index (χ3n) is 7.00. The van der Waals surface area contributed by atoms with Gasteiger partial charge in [0.15, 0.2) is 0 Å². The molecule has 2 aromatic heterocycles. The summed E-state index contributed by atoms with van der Waals surface area (Å²) >= 11 is 0. The van der Waals surface area contributed by atoms with E-state index >= 15 is 0 Å². The molecule has 1 aromatic carbocycles. The van der Waals surface area contributed by atoms with Crippen LogP contribution in [-0.4, -0.2) is 45.1 Å². The van der Waals surface area contributed by atoms with Crippen LogP contribution in [0.5, 0.6) is 0 Å². The lowest BCUT2D eigenvalue weighted by Crippen LogP contribution is -2.42. The summed E-state index contributed by atoms with van der Waals surface area (Å²) in [5.41, 5.74) is 2.60. The summed E-state index contributed by atoms with van der Waals surface area (Å²) in [6, 6.07) is 11.4. The van der Waals surface area contributed by atoms with E-state index in [1.807, 2.05) is 50.2 Å². The number of aryl methyl sites for hydroxylation is 1. The van der Waals surface area contributed by atoms with Crippen molar-refractivity contribution in [3.8, 4) is 11.4 Å². The van der Waals surface area contributed by atoms with Gasteiger partial charge in [0.2, 0.25) is 17.6 Å². The summed E-state index contributed by atoms with van der Waals surface area (Å²) < 4.78 is 5.79. The highest BCUT2D eigenvalue weighted by atomic mass is 16.5. The molecule has 0 unspecified atom stereocenters. The average molecular weight is 418 g/mol. The Kier molecular flexibility index (Phi) is 5.06. The minimum absolute atomic E-state index is 0.0194. The van der Waals surface area contributed by atoms with Gasteiger partial charge < -0.3 is 9.84 Å². The van der Waals surface area contributed by atoms with Crippen molar-refractivity contribution in [1.29, 1.82) is 0 Å². The van der Waals surface area contributed by atoms with E-state index in [1.165, 1.54) is 0 Å². The molecule has 1 amide bonds. The summed E-state index contributed by atoms with van der Waals surface area (Å²) in [6.07, 6.45) is 6.75. The molecule has 0 spiro atoms. The maximum absolute atomic E-state index is 13.0. The predicted octanol–water partition coefficient (Wildman–Crippen LogP) is 3.82. The second-order valence-electron chi connectivity index (χ2n) is 8.82. The van der Waals surface area contributed by atoms with Crippen LogP contribution in [0.1, 0.15) is 37.6 Å². The van der Waals surface area contributed by atoms with E-state index in [2.05, 4.69) is 20.4 Å². The van der Waals surface area contributed by atoms with E-state index in [4.69, 9.17) is 9.51 Å².